The first-order valence-electron chi connectivity index (χ1n) is 6.36. The van der Waals surface area contributed by atoms with Gasteiger partial charge in [-0.3, -0.25) is 9.48 Å². The molecule has 0 aliphatic heterocycles. The predicted octanol–water partition coefficient (Wildman–Crippen LogP) is 3.00. The third-order valence-electron chi connectivity index (χ3n) is 3.11. The zero-order chi connectivity index (χ0) is 15.6. The van der Waals surface area contributed by atoms with Crippen LogP contribution in [0.2, 0.25) is 5.02 Å². The Kier molecular flexibility index (Phi) is 4.80. The number of carbonyl (C=O) groups excluding carboxylic acids is 1. The maximum Gasteiger partial charge on any atom is 0.234 e. The molecule has 0 fully saturated rings. The van der Waals surface area contributed by atoms with Crippen LogP contribution < -0.4 is 11.1 Å². The predicted molar refractivity (Wildman–Crippen MR) is 87.9 cm³/mol. The quantitative estimate of drug-likeness (QED) is 0.670. The second kappa shape index (κ2) is 6.41. The molecular weight excluding hydrogens is 308 g/mol. The Hall–Kier alpha value is -1.66. The van der Waals surface area contributed by atoms with Gasteiger partial charge >= 0.3 is 0 Å². The summed E-state index contributed by atoms with van der Waals surface area (Å²) in [4.78, 5) is 12.9. The minimum absolute atomic E-state index is 0.0985. The molecule has 0 saturated carbocycles. The molecule has 2 rings (SSSR count). The molecule has 1 heterocycles. The van der Waals surface area contributed by atoms with E-state index in [2.05, 4.69) is 10.4 Å². The van der Waals surface area contributed by atoms with E-state index < -0.39 is 0 Å². The van der Waals surface area contributed by atoms with Crippen LogP contribution in [0.1, 0.15) is 11.4 Å². The van der Waals surface area contributed by atoms with E-state index >= 15 is 0 Å². The van der Waals surface area contributed by atoms with Crippen molar-refractivity contribution in [1.29, 1.82) is 0 Å². The van der Waals surface area contributed by atoms with Crippen molar-refractivity contribution in [2.75, 3.05) is 16.8 Å². The van der Waals surface area contributed by atoms with Crippen molar-refractivity contribution in [2.24, 2.45) is 7.05 Å². The van der Waals surface area contributed by atoms with Gasteiger partial charge in [-0.1, -0.05) is 11.6 Å². The Labute approximate surface area is 132 Å². The molecule has 2 aromatic rings. The summed E-state index contributed by atoms with van der Waals surface area (Å²) in [5, 5.41) is 7.75. The van der Waals surface area contributed by atoms with E-state index in [1.807, 2.05) is 20.9 Å². The summed E-state index contributed by atoms with van der Waals surface area (Å²) in [6.45, 7) is 3.78. The molecule has 0 spiro atoms. The van der Waals surface area contributed by atoms with E-state index in [1.54, 1.807) is 22.9 Å². The van der Waals surface area contributed by atoms with Crippen molar-refractivity contribution < 1.29 is 4.79 Å². The van der Waals surface area contributed by atoms with Gasteiger partial charge in [0.15, 0.2) is 0 Å². The highest BCUT2D eigenvalue weighted by atomic mass is 35.5. The SMILES string of the molecule is Cc1nn(C)c(C)c1NC(=O)CSc1cc(Cl)ccc1N. The molecule has 5 nitrogen and oxygen atoms in total. The Balaban J connectivity index is 2.01. The minimum atomic E-state index is -0.0985. The lowest BCUT2D eigenvalue weighted by atomic mass is 10.3. The number of anilines is 2. The summed E-state index contributed by atoms with van der Waals surface area (Å²) in [6.07, 6.45) is 0. The van der Waals surface area contributed by atoms with Gasteiger partial charge in [0, 0.05) is 22.7 Å². The molecule has 0 saturated heterocycles. The van der Waals surface area contributed by atoms with Crippen molar-refractivity contribution in [3.05, 3.63) is 34.6 Å². The molecule has 1 amide bonds. The molecule has 0 atom stereocenters. The molecule has 7 heteroatoms. The zero-order valence-corrected chi connectivity index (χ0v) is 13.7. The average molecular weight is 325 g/mol. The van der Waals surface area contributed by atoms with Crippen LogP contribution in [0.5, 0.6) is 0 Å². The van der Waals surface area contributed by atoms with Gasteiger partial charge in [0.1, 0.15) is 0 Å². The number of thioether (sulfide) groups is 1. The van der Waals surface area contributed by atoms with Gasteiger partial charge < -0.3 is 11.1 Å². The molecule has 21 heavy (non-hydrogen) atoms. The van der Waals surface area contributed by atoms with Crippen LogP contribution in [0.3, 0.4) is 0 Å². The van der Waals surface area contributed by atoms with Gasteiger partial charge in [-0.05, 0) is 32.0 Å². The van der Waals surface area contributed by atoms with E-state index in [0.717, 1.165) is 22.0 Å². The first kappa shape index (κ1) is 15.7. The fraction of sp³-hybridized carbons (Fsp3) is 0.286. The summed E-state index contributed by atoms with van der Waals surface area (Å²) < 4.78 is 1.74. The van der Waals surface area contributed by atoms with Crippen LogP contribution in [0.15, 0.2) is 23.1 Å². The number of carbonyl (C=O) groups is 1. The second-order valence-electron chi connectivity index (χ2n) is 4.69. The molecule has 112 valence electrons. The van der Waals surface area contributed by atoms with Crippen molar-refractivity contribution in [3.8, 4) is 0 Å². The Morgan fingerprint density at radius 3 is 2.81 bits per heavy atom. The number of rotatable bonds is 4. The number of amides is 1. The second-order valence-corrected chi connectivity index (χ2v) is 6.14. The lowest BCUT2D eigenvalue weighted by Crippen LogP contribution is -2.15. The van der Waals surface area contributed by atoms with Crippen LogP contribution in [0, 0.1) is 13.8 Å². The van der Waals surface area contributed by atoms with Crippen molar-refractivity contribution in [2.45, 2.75) is 18.7 Å². The summed E-state index contributed by atoms with van der Waals surface area (Å²) in [5.74, 6) is 0.164. The summed E-state index contributed by atoms with van der Waals surface area (Å²) >= 11 is 7.28. The van der Waals surface area contributed by atoms with Crippen LogP contribution in [-0.4, -0.2) is 21.4 Å². The molecule has 0 bridgehead atoms. The maximum absolute atomic E-state index is 12.1. The average Bonchev–Trinajstić information content (AvgIpc) is 2.66. The summed E-state index contributed by atoms with van der Waals surface area (Å²) in [7, 11) is 1.85. The smallest absolute Gasteiger partial charge is 0.234 e. The first-order chi connectivity index (χ1) is 9.88. The van der Waals surface area contributed by atoms with Crippen LogP contribution >= 0.6 is 23.4 Å². The van der Waals surface area contributed by atoms with Gasteiger partial charge in [0.2, 0.25) is 5.91 Å². The zero-order valence-electron chi connectivity index (χ0n) is 12.1. The van der Waals surface area contributed by atoms with E-state index in [-0.39, 0.29) is 11.7 Å². The van der Waals surface area contributed by atoms with E-state index in [1.165, 1.54) is 11.8 Å². The normalized spacial score (nSPS) is 10.7. The van der Waals surface area contributed by atoms with Crippen LogP contribution in [-0.2, 0) is 11.8 Å². The standard InChI is InChI=1S/C14H17ClN4OS/c1-8-14(9(2)19(3)18-8)17-13(20)7-21-12-6-10(15)4-5-11(12)16/h4-6H,7,16H2,1-3H3,(H,17,20). The van der Waals surface area contributed by atoms with Crippen LogP contribution in [0.25, 0.3) is 0 Å². The number of benzene rings is 1. The largest absolute Gasteiger partial charge is 0.398 e. The lowest BCUT2D eigenvalue weighted by molar-refractivity contribution is -0.113. The number of aryl methyl sites for hydroxylation is 2. The summed E-state index contributed by atoms with van der Waals surface area (Å²) in [5.41, 5.74) is 8.96. The number of hydrogen-bond acceptors (Lipinski definition) is 4. The number of halogens is 1. The molecular formula is C14H17ClN4OS. The van der Waals surface area contributed by atoms with Crippen LogP contribution in [0.4, 0.5) is 11.4 Å². The number of nitrogens with one attached hydrogen (secondary N) is 1. The fourth-order valence-corrected chi connectivity index (χ4v) is 2.95. The number of aromatic nitrogens is 2. The third kappa shape index (κ3) is 3.71. The van der Waals surface area contributed by atoms with Crippen molar-refractivity contribution >= 4 is 40.6 Å². The fourth-order valence-electron chi connectivity index (χ4n) is 1.91. The van der Waals surface area contributed by atoms with Crippen molar-refractivity contribution in [1.82, 2.24) is 9.78 Å². The summed E-state index contributed by atoms with van der Waals surface area (Å²) in [6, 6.07) is 5.22. The van der Waals surface area contributed by atoms with Gasteiger partial charge in [-0.25, -0.2) is 0 Å². The number of nitrogens with two attached hydrogens (primary N) is 1. The van der Waals surface area contributed by atoms with Crippen molar-refractivity contribution in [3.63, 3.8) is 0 Å². The number of hydrogen-bond donors (Lipinski definition) is 2. The maximum atomic E-state index is 12.1. The highest BCUT2D eigenvalue weighted by Gasteiger charge is 2.13. The van der Waals surface area contributed by atoms with Gasteiger partial charge in [0.25, 0.3) is 0 Å². The molecule has 0 radical (unpaired) electrons. The monoisotopic (exact) mass is 324 g/mol. The molecule has 3 N–H and O–H groups in total. The molecule has 1 aromatic heterocycles. The van der Waals surface area contributed by atoms with E-state index in [9.17, 15) is 4.79 Å². The van der Waals surface area contributed by atoms with E-state index in [4.69, 9.17) is 17.3 Å². The molecule has 0 aliphatic rings. The number of nitrogen functional groups attached to an aromatic ring is 1. The lowest BCUT2D eigenvalue weighted by Gasteiger charge is -2.07. The molecule has 0 aliphatic carbocycles. The van der Waals surface area contributed by atoms with Gasteiger partial charge in [0.05, 0.1) is 22.8 Å². The van der Waals surface area contributed by atoms with Gasteiger partial charge in [-0.15, -0.1) is 11.8 Å². The topological polar surface area (TPSA) is 72.9 Å². The Morgan fingerprint density at radius 1 is 1.48 bits per heavy atom. The molecule has 0 unspecified atom stereocenters. The number of nitrogens with zero attached hydrogens (tertiary/aromatic N) is 2. The Bertz CT molecular complexity index is 684. The molecule has 1 aromatic carbocycles. The van der Waals surface area contributed by atoms with E-state index in [0.29, 0.717) is 10.7 Å². The first-order valence-corrected chi connectivity index (χ1v) is 7.72. The third-order valence-corrected chi connectivity index (χ3v) is 4.41. The highest BCUT2D eigenvalue weighted by Crippen LogP contribution is 2.28. The Morgan fingerprint density at radius 2 is 2.19 bits per heavy atom. The van der Waals surface area contributed by atoms with Gasteiger partial charge in [-0.2, -0.15) is 5.10 Å². The minimum Gasteiger partial charge on any atom is -0.398 e. The highest BCUT2D eigenvalue weighted by molar-refractivity contribution is 8.00.